The molecule has 0 bridgehead atoms. The quantitative estimate of drug-likeness (QED) is 0.820. The molecule has 0 spiro atoms. The van der Waals surface area contributed by atoms with E-state index in [0.29, 0.717) is 10.8 Å². The SMILES string of the molecule is Cc1ccccc1CCNC(=S)Nc1ccc(F)c(Cl)c1. The Balaban J connectivity index is 1.82. The van der Waals surface area contributed by atoms with E-state index >= 15 is 0 Å². The molecule has 21 heavy (non-hydrogen) atoms. The first kappa shape index (κ1) is 15.7. The maximum atomic E-state index is 13.1. The fourth-order valence-corrected chi connectivity index (χ4v) is 2.35. The van der Waals surface area contributed by atoms with Crippen LogP contribution in [0.3, 0.4) is 0 Å². The molecule has 0 radical (unpaired) electrons. The Kier molecular flexibility index (Phi) is 5.53. The summed E-state index contributed by atoms with van der Waals surface area (Å²) in [6, 6.07) is 12.7. The number of thiocarbonyl (C=S) groups is 1. The first-order chi connectivity index (χ1) is 10.1. The number of anilines is 1. The first-order valence-electron chi connectivity index (χ1n) is 6.60. The molecule has 0 saturated heterocycles. The van der Waals surface area contributed by atoms with Crippen LogP contribution in [0.25, 0.3) is 0 Å². The van der Waals surface area contributed by atoms with Crippen molar-refractivity contribution in [2.24, 2.45) is 0 Å². The number of nitrogens with one attached hydrogen (secondary N) is 2. The number of hydrogen-bond acceptors (Lipinski definition) is 1. The minimum atomic E-state index is -0.444. The molecular formula is C16H16ClFN2S. The van der Waals surface area contributed by atoms with Crippen molar-refractivity contribution in [1.29, 1.82) is 0 Å². The van der Waals surface area contributed by atoms with E-state index in [0.717, 1.165) is 13.0 Å². The summed E-state index contributed by atoms with van der Waals surface area (Å²) in [4.78, 5) is 0. The van der Waals surface area contributed by atoms with Crippen LogP contribution in [0.4, 0.5) is 10.1 Å². The van der Waals surface area contributed by atoms with Crippen molar-refractivity contribution in [1.82, 2.24) is 5.32 Å². The lowest BCUT2D eigenvalue weighted by atomic mass is 10.1. The van der Waals surface area contributed by atoms with Gasteiger partial charge in [0.25, 0.3) is 0 Å². The van der Waals surface area contributed by atoms with Crippen LogP contribution in [0.1, 0.15) is 11.1 Å². The highest BCUT2D eigenvalue weighted by atomic mass is 35.5. The van der Waals surface area contributed by atoms with Crippen LogP contribution < -0.4 is 10.6 Å². The maximum absolute atomic E-state index is 13.1. The van der Waals surface area contributed by atoms with Gasteiger partial charge in [0, 0.05) is 12.2 Å². The number of aryl methyl sites for hydroxylation is 1. The number of hydrogen-bond donors (Lipinski definition) is 2. The van der Waals surface area contributed by atoms with Gasteiger partial charge in [0.15, 0.2) is 5.11 Å². The Morgan fingerprint density at radius 2 is 2.00 bits per heavy atom. The monoisotopic (exact) mass is 322 g/mol. The molecule has 0 unspecified atom stereocenters. The number of benzene rings is 2. The minimum Gasteiger partial charge on any atom is -0.362 e. The Morgan fingerprint density at radius 1 is 1.24 bits per heavy atom. The van der Waals surface area contributed by atoms with Crippen LogP contribution in [-0.2, 0) is 6.42 Å². The van der Waals surface area contributed by atoms with Crippen molar-refractivity contribution in [3.05, 3.63) is 64.4 Å². The molecule has 110 valence electrons. The molecule has 0 aromatic heterocycles. The van der Waals surface area contributed by atoms with E-state index in [-0.39, 0.29) is 5.02 Å². The van der Waals surface area contributed by atoms with Crippen LogP contribution in [0.5, 0.6) is 0 Å². The summed E-state index contributed by atoms with van der Waals surface area (Å²) >= 11 is 10.9. The zero-order valence-corrected chi connectivity index (χ0v) is 13.2. The largest absolute Gasteiger partial charge is 0.362 e. The molecule has 5 heteroatoms. The summed E-state index contributed by atoms with van der Waals surface area (Å²) in [6.45, 7) is 2.82. The summed E-state index contributed by atoms with van der Waals surface area (Å²) in [5, 5.41) is 6.67. The summed E-state index contributed by atoms with van der Waals surface area (Å²) in [7, 11) is 0. The van der Waals surface area contributed by atoms with Crippen molar-refractivity contribution in [2.75, 3.05) is 11.9 Å². The predicted molar refractivity (Wildman–Crippen MR) is 90.5 cm³/mol. The van der Waals surface area contributed by atoms with E-state index in [4.69, 9.17) is 23.8 Å². The third-order valence-electron chi connectivity index (χ3n) is 3.12. The van der Waals surface area contributed by atoms with E-state index in [2.05, 4.69) is 29.7 Å². The van der Waals surface area contributed by atoms with Gasteiger partial charge >= 0.3 is 0 Å². The van der Waals surface area contributed by atoms with Gasteiger partial charge in [0.2, 0.25) is 0 Å². The molecule has 0 saturated carbocycles. The average Bonchev–Trinajstić information content (AvgIpc) is 2.45. The lowest BCUT2D eigenvalue weighted by molar-refractivity contribution is 0.628. The normalized spacial score (nSPS) is 10.2. The van der Waals surface area contributed by atoms with E-state index in [1.165, 1.54) is 23.3 Å². The molecule has 2 N–H and O–H groups in total. The van der Waals surface area contributed by atoms with Gasteiger partial charge in [-0.2, -0.15) is 0 Å². The van der Waals surface area contributed by atoms with Crippen molar-refractivity contribution in [2.45, 2.75) is 13.3 Å². The smallest absolute Gasteiger partial charge is 0.170 e. The first-order valence-corrected chi connectivity index (χ1v) is 7.39. The summed E-state index contributed by atoms with van der Waals surface area (Å²) in [6.07, 6.45) is 0.888. The van der Waals surface area contributed by atoms with Gasteiger partial charge < -0.3 is 10.6 Å². The third-order valence-corrected chi connectivity index (χ3v) is 3.65. The van der Waals surface area contributed by atoms with E-state index < -0.39 is 5.82 Å². The molecule has 0 aliphatic heterocycles. The second kappa shape index (κ2) is 7.38. The van der Waals surface area contributed by atoms with Crippen molar-refractivity contribution < 1.29 is 4.39 Å². The molecule has 2 aromatic carbocycles. The van der Waals surface area contributed by atoms with Crippen LogP contribution in [0, 0.1) is 12.7 Å². The van der Waals surface area contributed by atoms with E-state index in [1.807, 2.05) is 12.1 Å². The molecule has 0 atom stereocenters. The molecule has 0 fully saturated rings. The summed E-state index contributed by atoms with van der Waals surface area (Å²) in [5.41, 5.74) is 3.22. The Morgan fingerprint density at radius 3 is 2.71 bits per heavy atom. The molecule has 0 aliphatic rings. The van der Waals surface area contributed by atoms with Crippen molar-refractivity contribution in [3.8, 4) is 0 Å². The average molecular weight is 323 g/mol. The van der Waals surface area contributed by atoms with Gasteiger partial charge in [0.05, 0.1) is 5.02 Å². The second-order valence-electron chi connectivity index (χ2n) is 4.69. The highest BCUT2D eigenvalue weighted by Gasteiger charge is 2.03. The highest BCUT2D eigenvalue weighted by molar-refractivity contribution is 7.80. The third kappa shape index (κ3) is 4.69. The van der Waals surface area contributed by atoms with Crippen LogP contribution in [0.15, 0.2) is 42.5 Å². The Hall–Kier alpha value is -1.65. The molecule has 0 amide bonds. The zero-order chi connectivity index (χ0) is 15.2. The Labute approximate surface area is 134 Å². The van der Waals surface area contributed by atoms with E-state index in [9.17, 15) is 4.39 Å². The molecule has 2 nitrogen and oxygen atoms in total. The predicted octanol–water partition coefficient (Wildman–Crippen LogP) is 4.32. The lowest BCUT2D eigenvalue weighted by Crippen LogP contribution is -2.30. The lowest BCUT2D eigenvalue weighted by Gasteiger charge is -2.11. The molecule has 0 aliphatic carbocycles. The standard InChI is InChI=1S/C16H16ClFN2S/c1-11-4-2-3-5-12(11)8-9-19-16(21)20-13-6-7-15(18)14(17)10-13/h2-7,10H,8-9H2,1H3,(H2,19,20,21). The minimum absolute atomic E-state index is 0.0720. The van der Waals surface area contributed by atoms with Crippen LogP contribution in [-0.4, -0.2) is 11.7 Å². The zero-order valence-electron chi connectivity index (χ0n) is 11.6. The highest BCUT2D eigenvalue weighted by Crippen LogP contribution is 2.19. The van der Waals surface area contributed by atoms with E-state index in [1.54, 1.807) is 6.07 Å². The van der Waals surface area contributed by atoms with Crippen LogP contribution in [0.2, 0.25) is 5.02 Å². The fraction of sp³-hybridized carbons (Fsp3) is 0.188. The topological polar surface area (TPSA) is 24.1 Å². The molecule has 0 heterocycles. The molecule has 2 aromatic rings. The van der Waals surface area contributed by atoms with Gasteiger partial charge in [-0.3, -0.25) is 0 Å². The van der Waals surface area contributed by atoms with Gasteiger partial charge in [-0.1, -0.05) is 35.9 Å². The fourth-order valence-electron chi connectivity index (χ4n) is 1.95. The molecular weight excluding hydrogens is 307 g/mol. The van der Waals surface area contributed by atoms with Gasteiger partial charge in [-0.15, -0.1) is 0 Å². The number of rotatable bonds is 4. The van der Waals surface area contributed by atoms with Gasteiger partial charge in [-0.05, 0) is 54.9 Å². The molecule has 2 rings (SSSR count). The van der Waals surface area contributed by atoms with Crippen molar-refractivity contribution in [3.63, 3.8) is 0 Å². The number of halogens is 2. The van der Waals surface area contributed by atoms with Gasteiger partial charge in [-0.25, -0.2) is 4.39 Å². The Bertz CT molecular complexity index is 646. The maximum Gasteiger partial charge on any atom is 0.170 e. The van der Waals surface area contributed by atoms with Crippen LogP contribution >= 0.6 is 23.8 Å². The second-order valence-corrected chi connectivity index (χ2v) is 5.50. The van der Waals surface area contributed by atoms with Gasteiger partial charge in [0.1, 0.15) is 5.82 Å². The van der Waals surface area contributed by atoms with Crippen molar-refractivity contribution >= 4 is 34.6 Å². The summed E-state index contributed by atoms with van der Waals surface area (Å²) in [5.74, 6) is -0.444. The summed E-state index contributed by atoms with van der Waals surface area (Å²) < 4.78 is 13.1.